The minimum absolute atomic E-state index is 0.0126. The highest BCUT2D eigenvalue weighted by molar-refractivity contribution is 7.09. The number of benzene rings is 1. The number of aryl methyl sites for hydroxylation is 3. The van der Waals surface area contributed by atoms with Gasteiger partial charge >= 0.3 is 5.97 Å². The number of amides is 1. The van der Waals surface area contributed by atoms with E-state index in [1.165, 1.54) is 16.7 Å². The molecule has 0 atom stereocenters. The first-order valence-corrected chi connectivity index (χ1v) is 7.90. The Kier molecular flexibility index (Phi) is 5.33. The molecule has 0 fully saturated rings. The molecule has 1 heterocycles. The maximum atomic E-state index is 11.8. The summed E-state index contributed by atoms with van der Waals surface area (Å²) in [5, 5.41) is 13.4. The molecule has 0 aliphatic heterocycles. The number of carboxylic acid groups (broad SMARTS) is 1. The molecule has 0 unspecified atom stereocenters. The predicted molar refractivity (Wildman–Crippen MR) is 87.1 cm³/mol. The summed E-state index contributed by atoms with van der Waals surface area (Å²) < 4.78 is 5.59. The van der Waals surface area contributed by atoms with Crippen LogP contribution in [0.15, 0.2) is 17.5 Å². The van der Waals surface area contributed by atoms with Crippen molar-refractivity contribution in [1.29, 1.82) is 0 Å². The molecule has 2 rings (SSSR count). The molecule has 0 saturated carbocycles. The van der Waals surface area contributed by atoms with Gasteiger partial charge in [-0.05, 0) is 31.9 Å². The average molecular weight is 334 g/mol. The minimum atomic E-state index is -1.08. The van der Waals surface area contributed by atoms with E-state index in [0.717, 1.165) is 16.7 Å². The van der Waals surface area contributed by atoms with Gasteiger partial charge < -0.3 is 15.2 Å². The maximum absolute atomic E-state index is 11.8. The number of carbonyl (C=O) groups excluding carboxylic acids is 1. The first kappa shape index (κ1) is 17.0. The van der Waals surface area contributed by atoms with Crippen LogP contribution < -0.4 is 10.1 Å². The lowest BCUT2D eigenvalue weighted by Gasteiger charge is -2.12. The number of hydrogen-bond donors (Lipinski definition) is 2. The number of hydrogen-bond acceptors (Lipinski definition) is 5. The standard InChI is InChI=1S/C16H18N2O4S/c1-9-4-10(2)15(11(3)5-9)22-7-13(19)17-6-14-18-12(8-23-14)16(20)21/h4-5,8H,6-7H2,1-3H3,(H,17,19)(H,20,21). The summed E-state index contributed by atoms with van der Waals surface area (Å²) in [6.45, 7) is 5.98. The van der Waals surface area contributed by atoms with Gasteiger partial charge in [-0.3, -0.25) is 4.79 Å². The number of nitrogens with zero attached hydrogens (tertiary/aromatic N) is 1. The van der Waals surface area contributed by atoms with Crippen molar-refractivity contribution in [2.45, 2.75) is 27.3 Å². The van der Waals surface area contributed by atoms with Gasteiger partial charge in [0.1, 0.15) is 10.8 Å². The van der Waals surface area contributed by atoms with Crippen LogP contribution in [-0.2, 0) is 11.3 Å². The summed E-state index contributed by atoms with van der Waals surface area (Å²) in [5.74, 6) is -0.642. The van der Waals surface area contributed by atoms with Crippen molar-refractivity contribution in [3.63, 3.8) is 0 Å². The number of rotatable bonds is 6. The normalized spacial score (nSPS) is 10.4. The van der Waals surface area contributed by atoms with Crippen LogP contribution >= 0.6 is 11.3 Å². The molecule has 0 aliphatic carbocycles. The van der Waals surface area contributed by atoms with Crippen molar-refractivity contribution in [2.75, 3.05) is 6.61 Å². The second kappa shape index (κ2) is 7.23. The highest BCUT2D eigenvalue weighted by Gasteiger charge is 2.11. The molecule has 2 N–H and O–H groups in total. The lowest BCUT2D eigenvalue weighted by atomic mass is 10.1. The Morgan fingerprint density at radius 2 is 1.91 bits per heavy atom. The molecule has 1 aromatic carbocycles. The molecule has 1 aromatic heterocycles. The van der Waals surface area contributed by atoms with Crippen molar-refractivity contribution in [1.82, 2.24) is 10.3 Å². The number of thiazole rings is 1. The molecule has 0 spiro atoms. The van der Waals surface area contributed by atoms with E-state index >= 15 is 0 Å². The topological polar surface area (TPSA) is 88.5 Å². The van der Waals surface area contributed by atoms with Gasteiger partial charge in [-0.25, -0.2) is 9.78 Å². The molecule has 1 amide bonds. The van der Waals surface area contributed by atoms with Crippen LogP contribution in [0.5, 0.6) is 5.75 Å². The zero-order valence-electron chi connectivity index (χ0n) is 13.2. The van der Waals surface area contributed by atoms with E-state index in [-0.39, 0.29) is 24.8 Å². The van der Waals surface area contributed by atoms with Gasteiger partial charge in [-0.1, -0.05) is 17.7 Å². The molecule has 0 aliphatic rings. The summed E-state index contributed by atoms with van der Waals surface area (Å²) in [5.41, 5.74) is 3.11. The van der Waals surface area contributed by atoms with E-state index in [1.54, 1.807) is 0 Å². The largest absolute Gasteiger partial charge is 0.483 e. The van der Waals surface area contributed by atoms with E-state index in [1.807, 2.05) is 32.9 Å². The highest BCUT2D eigenvalue weighted by Crippen LogP contribution is 2.24. The zero-order valence-corrected chi connectivity index (χ0v) is 14.0. The summed E-state index contributed by atoms with van der Waals surface area (Å²) >= 11 is 1.19. The van der Waals surface area contributed by atoms with E-state index < -0.39 is 5.97 Å². The van der Waals surface area contributed by atoms with E-state index in [2.05, 4.69) is 10.3 Å². The van der Waals surface area contributed by atoms with Crippen molar-refractivity contribution < 1.29 is 19.4 Å². The molecule has 0 bridgehead atoms. The monoisotopic (exact) mass is 334 g/mol. The molecule has 7 heteroatoms. The number of carboxylic acids is 1. The van der Waals surface area contributed by atoms with Crippen LogP contribution in [0.1, 0.15) is 32.2 Å². The third-order valence-corrected chi connectivity index (χ3v) is 4.01. The van der Waals surface area contributed by atoms with E-state index in [4.69, 9.17) is 9.84 Å². The Morgan fingerprint density at radius 1 is 1.26 bits per heavy atom. The second-order valence-corrected chi connectivity index (χ2v) is 6.17. The molecule has 2 aromatic rings. The van der Waals surface area contributed by atoms with Gasteiger partial charge in [-0.2, -0.15) is 0 Å². The Bertz CT molecular complexity index is 716. The summed E-state index contributed by atoms with van der Waals surface area (Å²) in [4.78, 5) is 26.5. The zero-order chi connectivity index (χ0) is 17.0. The first-order valence-electron chi connectivity index (χ1n) is 7.02. The predicted octanol–water partition coefficient (Wildman–Crippen LogP) is 2.46. The van der Waals surface area contributed by atoms with Gasteiger partial charge in [0.2, 0.25) is 0 Å². The number of ether oxygens (including phenoxy) is 1. The van der Waals surface area contributed by atoms with Crippen LogP contribution in [0.2, 0.25) is 0 Å². The first-order chi connectivity index (χ1) is 10.9. The quantitative estimate of drug-likeness (QED) is 0.847. The number of aromatic nitrogens is 1. The van der Waals surface area contributed by atoms with Crippen LogP contribution in [0.3, 0.4) is 0 Å². The highest BCUT2D eigenvalue weighted by atomic mass is 32.1. The molecular formula is C16H18N2O4S. The molecule has 0 saturated heterocycles. The molecule has 0 radical (unpaired) electrons. The summed E-state index contributed by atoms with van der Waals surface area (Å²) in [6.07, 6.45) is 0. The average Bonchev–Trinajstić information content (AvgIpc) is 2.93. The van der Waals surface area contributed by atoms with Crippen LogP contribution in [0.4, 0.5) is 0 Å². The van der Waals surface area contributed by atoms with Gasteiger partial charge in [0.05, 0.1) is 6.54 Å². The number of nitrogens with one attached hydrogen (secondary N) is 1. The van der Waals surface area contributed by atoms with Gasteiger partial charge in [0, 0.05) is 5.38 Å². The smallest absolute Gasteiger partial charge is 0.355 e. The Morgan fingerprint density at radius 3 is 2.48 bits per heavy atom. The fourth-order valence-corrected chi connectivity index (χ4v) is 2.96. The van der Waals surface area contributed by atoms with Crippen LogP contribution in [0, 0.1) is 20.8 Å². The molecule has 122 valence electrons. The van der Waals surface area contributed by atoms with Crippen molar-refractivity contribution in [3.8, 4) is 5.75 Å². The molecular weight excluding hydrogens is 316 g/mol. The van der Waals surface area contributed by atoms with Gasteiger partial charge in [0.25, 0.3) is 5.91 Å². The SMILES string of the molecule is Cc1cc(C)c(OCC(=O)NCc2nc(C(=O)O)cs2)c(C)c1. The Balaban J connectivity index is 1.87. The van der Waals surface area contributed by atoms with Crippen molar-refractivity contribution in [3.05, 3.63) is 44.9 Å². The molecule has 6 nitrogen and oxygen atoms in total. The summed E-state index contributed by atoms with van der Waals surface area (Å²) in [7, 11) is 0. The fourth-order valence-electron chi connectivity index (χ4n) is 2.25. The third-order valence-electron chi connectivity index (χ3n) is 3.16. The Hall–Kier alpha value is -2.41. The maximum Gasteiger partial charge on any atom is 0.355 e. The fraction of sp³-hybridized carbons (Fsp3) is 0.312. The molecule has 23 heavy (non-hydrogen) atoms. The lowest BCUT2D eigenvalue weighted by molar-refractivity contribution is -0.123. The van der Waals surface area contributed by atoms with Crippen LogP contribution in [0.25, 0.3) is 0 Å². The lowest BCUT2D eigenvalue weighted by Crippen LogP contribution is -2.28. The number of aromatic carboxylic acids is 1. The Labute approximate surface area is 138 Å². The summed E-state index contributed by atoms with van der Waals surface area (Å²) in [6, 6.07) is 4.01. The second-order valence-electron chi connectivity index (χ2n) is 5.22. The minimum Gasteiger partial charge on any atom is -0.483 e. The van der Waals surface area contributed by atoms with Gasteiger partial charge in [-0.15, -0.1) is 11.3 Å². The number of carbonyl (C=O) groups is 2. The third kappa shape index (κ3) is 4.53. The van der Waals surface area contributed by atoms with E-state index in [0.29, 0.717) is 10.8 Å². The van der Waals surface area contributed by atoms with Gasteiger partial charge in [0.15, 0.2) is 12.3 Å². The van der Waals surface area contributed by atoms with Crippen molar-refractivity contribution in [2.24, 2.45) is 0 Å². The van der Waals surface area contributed by atoms with Crippen LogP contribution in [-0.4, -0.2) is 28.6 Å². The van der Waals surface area contributed by atoms with E-state index in [9.17, 15) is 9.59 Å². The van der Waals surface area contributed by atoms with Crippen molar-refractivity contribution >= 4 is 23.2 Å².